The van der Waals surface area contributed by atoms with Gasteiger partial charge in [0.2, 0.25) is 0 Å². The van der Waals surface area contributed by atoms with E-state index in [0.717, 1.165) is 19.1 Å². The maximum absolute atomic E-state index is 5.49. The third-order valence-electron chi connectivity index (χ3n) is 2.82. The number of hydrogen-bond acceptors (Lipinski definition) is 2. The second-order valence-electron chi connectivity index (χ2n) is 4.66. The summed E-state index contributed by atoms with van der Waals surface area (Å²) in [5.41, 5.74) is 0. The van der Waals surface area contributed by atoms with Gasteiger partial charge in [0.15, 0.2) is 0 Å². The Labute approximate surface area is 82.3 Å². The molecule has 1 fully saturated rings. The smallest absolute Gasteiger partial charge is 0.0620 e. The van der Waals surface area contributed by atoms with Gasteiger partial charge < -0.3 is 4.74 Å². The molecule has 0 spiro atoms. The summed E-state index contributed by atoms with van der Waals surface area (Å²) in [5.74, 6) is 0.808. The average Bonchev–Trinajstić information content (AvgIpc) is 2.03. The summed E-state index contributed by atoms with van der Waals surface area (Å²) in [6.45, 7) is 12.1. The van der Waals surface area contributed by atoms with Crippen LogP contribution in [0, 0.1) is 5.92 Å². The van der Waals surface area contributed by atoms with Crippen LogP contribution in [0.4, 0.5) is 0 Å². The second-order valence-corrected chi connectivity index (χ2v) is 4.66. The quantitative estimate of drug-likeness (QED) is 0.668. The molecule has 0 aromatic carbocycles. The predicted octanol–water partition coefficient (Wildman–Crippen LogP) is 2.14. The summed E-state index contributed by atoms with van der Waals surface area (Å²) in [4.78, 5) is 2.57. The van der Waals surface area contributed by atoms with Gasteiger partial charge in [0.25, 0.3) is 0 Å². The van der Waals surface area contributed by atoms with Gasteiger partial charge in [-0.05, 0) is 32.7 Å². The van der Waals surface area contributed by atoms with E-state index in [1.54, 1.807) is 0 Å². The first-order valence-corrected chi connectivity index (χ1v) is 5.44. The van der Waals surface area contributed by atoms with Gasteiger partial charge >= 0.3 is 0 Å². The van der Waals surface area contributed by atoms with Crippen LogP contribution in [0.25, 0.3) is 0 Å². The third-order valence-corrected chi connectivity index (χ3v) is 2.82. The summed E-state index contributed by atoms with van der Waals surface area (Å²) < 4.78 is 5.49. The van der Waals surface area contributed by atoms with E-state index in [4.69, 9.17) is 4.74 Å². The van der Waals surface area contributed by atoms with E-state index in [9.17, 15) is 0 Å². The van der Waals surface area contributed by atoms with Crippen LogP contribution >= 0.6 is 0 Å². The number of nitrogens with zero attached hydrogens (tertiary/aromatic N) is 1. The minimum atomic E-state index is 0.600. The number of hydrogen-bond donors (Lipinski definition) is 0. The van der Waals surface area contributed by atoms with Crippen LogP contribution in [0.1, 0.15) is 34.1 Å². The van der Waals surface area contributed by atoms with E-state index in [1.165, 1.54) is 13.0 Å². The Balaban J connectivity index is 2.35. The lowest BCUT2D eigenvalue weighted by Gasteiger charge is -2.39. The molecule has 1 aliphatic rings. The van der Waals surface area contributed by atoms with Gasteiger partial charge in [0.05, 0.1) is 13.2 Å². The van der Waals surface area contributed by atoms with E-state index < -0.39 is 0 Å². The highest BCUT2D eigenvalue weighted by atomic mass is 16.5. The molecule has 0 bridgehead atoms. The number of morpholine rings is 1. The first kappa shape index (κ1) is 11.0. The Morgan fingerprint density at radius 1 is 1.23 bits per heavy atom. The molecule has 2 nitrogen and oxygen atoms in total. The molecule has 0 aliphatic carbocycles. The van der Waals surface area contributed by atoms with Crippen molar-refractivity contribution in [1.29, 1.82) is 0 Å². The lowest BCUT2D eigenvalue weighted by Crippen LogP contribution is -2.49. The van der Waals surface area contributed by atoms with Crippen LogP contribution < -0.4 is 0 Å². The normalized spacial score (nSPS) is 31.2. The standard InChI is InChI=1S/C11H23NO/c1-9(2)5-6-12-10(3)7-13-8-11(12)4/h9-11H,5-8H2,1-4H3/t10-,11-/m0/s1. The molecular weight excluding hydrogens is 162 g/mol. The lowest BCUT2D eigenvalue weighted by molar-refractivity contribution is -0.0381. The first-order valence-electron chi connectivity index (χ1n) is 5.44. The van der Waals surface area contributed by atoms with Crippen molar-refractivity contribution in [1.82, 2.24) is 4.90 Å². The Kier molecular flexibility index (Phi) is 4.20. The molecule has 0 saturated carbocycles. The Morgan fingerprint density at radius 3 is 2.23 bits per heavy atom. The zero-order valence-corrected chi connectivity index (χ0v) is 9.42. The van der Waals surface area contributed by atoms with Gasteiger partial charge in [0, 0.05) is 12.1 Å². The van der Waals surface area contributed by atoms with Gasteiger partial charge in [-0.15, -0.1) is 0 Å². The van der Waals surface area contributed by atoms with Gasteiger partial charge in [-0.2, -0.15) is 0 Å². The summed E-state index contributed by atoms with van der Waals surface area (Å²) in [6.07, 6.45) is 1.30. The van der Waals surface area contributed by atoms with Crippen molar-refractivity contribution in [2.24, 2.45) is 5.92 Å². The van der Waals surface area contributed by atoms with Gasteiger partial charge in [-0.1, -0.05) is 13.8 Å². The Bertz CT molecular complexity index is 137. The molecular formula is C11H23NO. The zero-order chi connectivity index (χ0) is 9.84. The van der Waals surface area contributed by atoms with Gasteiger partial charge in [-0.3, -0.25) is 4.90 Å². The molecule has 0 N–H and O–H groups in total. The maximum Gasteiger partial charge on any atom is 0.0620 e. The zero-order valence-electron chi connectivity index (χ0n) is 9.42. The highest BCUT2D eigenvalue weighted by Crippen LogP contribution is 2.14. The van der Waals surface area contributed by atoms with E-state index >= 15 is 0 Å². The average molecular weight is 185 g/mol. The lowest BCUT2D eigenvalue weighted by atomic mass is 10.1. The SMILES string of the molecule is CC(C)CCN1[C@@H](C)COC[C@@H]1C. The van der Waals surface area contributed by atoms with Gasteiger partial charge in [-0.25, -0.2) is 0 Å². The van der Waals surface area contributed by atoms with Crippen LogP contribution in [0.2, 0.25) is 0 Å². The summed E-state index contributed by atoms with van der Waals surface area (Å²) in [7, 11) is 0. The van der Waals surface area contributed by atoms with E-state index in [2.05, 4.69) is 32.6 Å². The van der Waals surface area contributed by atoms with Crippen molar-refractivity contribution in [3.05, 3.63) is 0 Å². The molecule has 1 aliphatic heterocycles. The van der Waals surface area contributed by atoms with Gasteiger partial charge in [0.1, 0.15) is 0 Å². The summed E-state index contributed by atoms with van der Waals surface area (Å²) in [6, 6.07) is 1.20. The number of ether oxygens (including phenoxy) is 1. The molecule has 0 aromatic heterocycles. The number of rotatable bonds is 3. The van der Waals surface area contributed by atoms with Crippen molar-refractivity contribution in [2.45, 2.75) is 46.2 Å². The summed E-state index contributed by atoms with van der Waals surface area (Å²) >= 11 is 0. The third kappa shape index (κ3) is 3.28. The Morgan fingerprint density at radius 2 is 1.77 bits per heavy atom. The monoisotopic (exact) mass is 185 g/mol. The van der Waals surface area contributed by atoms with Crippen molar-refractivity contribution in [3.8, 4) is 0 Å². The molecule has 1 heterocycles. The fourth-order valence-corrected chi connectivity index (χ4v) is 1.88. The molecule has 0 radical (unpaired) electrons. The Hall–Kier alpha value is -0.0800. The van der Waals surface area contributed by atoms with E-state index in [1.807, 2.05) is 0 Å². The maximum atomic E-state index is 5.49. The van der Waals surface area contributed by atoms with E-state index in [-0.39, 0.29) is 0 Å². The van der Waals surface area contributed by atoms with Crippen molar-refractivity contribution in [2.75, 3.05) is 19.8 Å². The molecule has 0 amide bonds. The predicted molar refractivity (Wildman–Crippen MR) is 55.9 cm³/mol. The molecule has 13 heavy (non-hydrogen) atoms. The topological polar surface area (TPSA) is 12.5 Å². The highest BCUT2D eigenvalue weighted by molar-refractivity contribution is 4.77. The largest absolute Gasteiger partial charge is 0.378 e. The second kappa shape index (κ2) is 4.97. The van der Waals surface area contributed by atoms with Crippen molar-refractivity contribution >= 4 is 0 Å². The van der Waals surface area contributed by atoms with Crippen LogP contribution in [0.5, 0.6) is 0 Å². The van der Waals surface area contributed by atoms with Crippen molar-refractivity contribution in [3.63, 3.8) is 0 Å². The summed E-state index contributed by atoms with van der Waals surface area (Å²) in [5, 5.41) is 0. The highest BCUT2D eigenvalue weighted by Gasteiger charge is 2.24. The fourth-order valence-electron chi connectivity index (χ4n) is 1.88. The minimum Gasteiger partial charge on any atom is -0.378 e. The molecule has 2 atom stereocenters. The van der Waals surface area contributed by atoms with Crippen LogP contribution in [0.3, 0.4) is 0 Å². The molecule has 0 unspecified atom stereocenters. The molecule has 78 valence electrons. The molecule has 0 aromatic rings. The van der Waals surface area contributed by atoms with Crippen LogP contribution in [-0.2, 0) is 4.74 Å². The molecule has 2 heteroatoms. The van der Waals surface area contributed by atoms with E-state index in [0.29, 0.717) is 12.1 Å². The molecule has 1 saturated heterocycles. The fraction of sp³-hybridized carbons (Fsp3) is 1.00. The van der Waals surface area contributed by atoms with Crippen LogP contribution in [0.15, 0.2) is 0 Å². The first-order chi connectivity index (χ1) is 6.11. The van der Waals surface area contributed by atoms with Crippen molar-refractivity contribution < 1.29 is 4.74 Å². The minimum absolute atomic E-state index is 0.600. The van der Waals surface area contributed by atoms with Crippen LogP contribution in [-0.4, -0.2) is 36.7 Å². The molecule has 1 rings (SSSR count).